The molecule has 178 valence electrons. The van der Waals surface area contributed by atoms with E-state index in [1.807, 2.05) is 41.5 Å². The highest BCUT2D eigenvalue weighted by Gasteiger charge is 2.29. The Labute approximate surface area is 192 Å². The third-order valence-corrected chi connectivity index (χ3v) is 5.73. The number of fused-ring (bicyclic) bond motifs is 1. The highest BCUT2D eigenvalue weighted by atomic mass is 16.6. The number of ether oxygens (including phenoxy) is 2. The zero-order valence-electron chi connectivity index (χ0n) is 20.4. The smallest absolute Gasteiger partial charge is 0.410 e. The summed E-state index contributed by atoms with van der Waals surface area (Å²) in [4.78, 5) is 26.4. The molecule has 1 heterocycles. The standard InChI is InChI=1S/C25H39N3O4/c1-24(2,3)31-22(29)27-19-12-10-18(11-13-19)26-21-9-7-8-17-14-15-28(16-20(17)21)23(30)32-25(4,5)6/h7-9,18-19,26H,10-16H2,1-6H3,(H,27,29). The number of hydrogen-bond acceptors (Lipinski definition) is 5. The maximum absolute atomic E-state index is 12.6. The van der Waals surface area contributed by atoms with Gasteiger partial charge < -0.3 is 25.0 Å². The van der Waals surface area contributed by atoms with Crippen molar-refractivity contribution in [2.24, 2.45) is 0 Å². The van der Waals surface area contributed by atoms with Crippen LogP contribution in [0.3, 0.4) is 0 Å². The highest BCUT2D eigenvalue weighted by Crippen LogP contribution is 2.30. The Bertz CT molecular complexity index is 817. The molecule has 7 nitrogen and oxygen atoms in total. The Morgan fingerprint density at radius 2 is 1.56 bits per heavy atom. The van der Waals surface area contributed by atoms with E-state index in [1.54, 1.807) is 4.90 Å². The molecular formula is C25H39N3O4. The topological polar surface area (TPSA) is 79.9 Å². The summed E-state index contributed by atoms with van der Waals surface area (Å²) >= 11 is 0. The minimum absolute atomic E-state index is 0.148. The molecule has 0 atom stereocenters. The zero-order chi connectivity index (χ0) is 23.5. The highest BCUT2D eigenvalue weighted by molar-refractivity contribution is 5.70. The third-order valence-electron chi connectivity index (χ3n) is 5.73. The summed E-state index contributed by atoms with van der Waals surface area (Å²) in [6, 6.07) is 6.82. The second-order valence-electron chi connectivity index (χ2n) is 10.9. The fraction of sp³-hybridized carbons (Fsp3) is 0.680. The summed E-state index contributed by atoms with van der Waals surface area (Å²) in [6.07, 6.45) is 4.00. The van der Waals surface area contributed by atoms with Crippen LogP contribution in [0.1, 0.15) is 78.4 Å². The molecule has 3 rings (SSSR count). The van der Waals surface area contributed by atoms with Gasteiger partial charge in [-0.2, -0.15) is 0 Å². The molecule has 1 saturated carbocycles. The lowest BCUT2D eigenvalue weighted by Gasteiger charge is -2.34. The van der Waals surface area contributed by atoms with E-state index >= 15 is 0 Å². The van der Waals surface area contributed by atoms with Crippen molar-refractivity contribution >= 4 is 17.9 Å². The van der Waals surface area contributed by atoms with Gasteiger partial charge in [-0.25, -0.2) is 9.59 Å². The maximum Gasteiger partial charge on any atom is 0.410 e. The van der Waals surface area contributed by atoms with Crippen LogP contribution in [0.4, 0.5) is 15.3 Å². The molecule has 0 radical (unpaired) electrons. The van der Waals surface area contributed by atoms with Crippen LogP contribution in [-0.2, 0) is 22.4 Å². The van der Waals surface area contributed by atoms with Gasteiger partial charge in [0, 0.05) is 24.3 Å². The van der Waals surface area contributed by atoms with E-state index in [0.29, 0.717) is 19.1 Å². The van der Waals surface area contributed by atoms with E-state index in [0.717, 1.165) is 37.8 Å². The summed E-state index contributed by atoms with van der Waals surface area (Å²) < 4.78 is 11.0. The van der Waals surface area contributed by atoms with Crippen molar-refractivity contribution in [3.63, 3.8) is 0 Å². The quantitative estimate of drug-likeness (QED) is 0.666. The Kier molecular flexibility index (Phi) is 7.25. The predicted octanol–water partition coefficient (Wildman–Crippen LogP) is 5.23. The molecule has 1 fully saturated rings. The molecule has 0 bridgehead atoms. The van der Waals surface area contributed by atoms with Crippen LogP contribution in [0.15, 0.2) is 18.2 Å². The number of anilines is 1. The summed E-state index contributed by atoms with van der Waals surface area (Å²) in [5.41, 5.74) is 2.58. The fourth-order valence-corrected chi connectivity index (χ4v) is 4.27. The number of carbonyl (C=O) groups is 2. The Morgan fingerprint density at radius 3 is 2.19 bits per heavy atom. The second-order valence-corrected chi connectivity index (χ2v) is 10.9. The van der Waals surface area contributed by atoms with Crippen LogP contribution in [0.25, 0.3) is 0 Å². The average molecular weight is 446 g/mol. The number of hydrogen-bond donors (Lipinski definition) is 2. The van der Waals surface area contributed by atoms with Crippen molar-refractivity contribution < 1.29 is 19.1 Å². The number of rotatable bonds is 3. The molecule has 2 aliphatic rings. The van der Waals surface area contributed by atoms with Crippen molar-refractivity contribution in [3.05, 3.63) is 29.3 Å². The fourth-order valence-electron chi connectivity index (χ4n) is 4.27. The molecule has 0 saturated heterocycles. The SMILES string of the molecule is CC(C)(C)OC(=O)NC1CCC(Nc2cccc3c2CN(C(=O)OC(C)(C)C)CC3)CC1. The maximum atomic E-state index is 12.6. The summed E-state index contributed by atoms with van der Waals surface area (Å²) in [7, 11) is 0. The van der Waals surface area contributed by atoms with E-state index in [4.69, 9.17) is 9.47 Å². The van der Waals surface area contributed by atoms with E-state index in [9.17, 15) is 9.59 Å². The third kappa shape index (κ3) is 7.04. The molecule has 0 aromatic heterocycles. The van der Waals surface area contributed by atoms with Crippen LogP contribution in [-0.4, -0.2) is 46.9 Å². The molecule has 0 spiro atoms. The van der Waals surface area contributed by atoms with E-state index in [2.05, 4.69) is 28.8 Å². The minimum atomic E-state index is -0.499. The zero-order valence-corrected chi connectivity index (χ0v) is 20.4. The minimum Gasteiger partial charge on any atom is -0.444 e. The van der Waals surface area contributed by atoms with Gasteiger partial charge in [0.25, 0.3) is 0 Å². The van der Waals surface area contributed by atoms with Gasteiger partial charge in [0.2, 0.25) is 0 Å². The van der Waals surface area contributed by atoms with Gasteiger partial charge in [0.05, 0.1) is 6.54 Å². The Morgan fingerprint density at radius 1 is 0.938 bits per heavy atom. The van der Waals surface area contributed by atoms with Gasteiger partial charge in [-0.1, -0.05) is 12.1 Å². The molecular weight excluding hydrogens is 406 g/mol. The number of nitrogens with one attached hydrogen (secondary N) is 2. The molecule has 2 N–H and O–H groups in total. The van der Waals surface area contributed by atoms with Gasteiger partial charge in [-0.05, 0) is 90.8 Å². The molecule has 2 amide bonds. The average Bonchev–Trinajstić information content (AvgIpc) is 2.66. The predicted molar refractivity (Wildman–Crippen MR) is 126 cm³/mol. The lowest BCUT2D eigenvalue weighted by atomic mass is 9.90. The van der Waals surface area contributed by atoms with Crippen LogP contribution < -0.4 is 10.6 Å². The lowest BCUT2D eigenvalue weighted by Crippen LogP contribution is -2.43. The molecule has 1 aromatic carbocycles. The summed E-state index contributed by atoms with van der Waals surface area (Å²) in [5, 5.41) is 6.71. The molecule has 1 aliphatic heterocycles. The van der Waals surface area contributed by atoms with Gasteiger partial charge in [0.15, 0.2) is 0 Å². The van der Waals surface area contributed by atoms with E-state index in [1.165, 1.54) is 11.1 Å². The molecule has 1 aromatic rings. The summed E-state index contributed by atoms with van der Waals surface area (Å²) in [6.45, 7) is 12.5. The Hall–Kier alpha value is -2.44. The number of carbonyl (C=O) groups excluding carboxylic acids is 2. The van der Waals surface area contributed by atoms with Gasteiger partial charge >= 0.3 is 12.2 Å². The number of amides is 2. The first kappa shape index (κ1) is 24.2. The normalized spacial score (nSPS) is 21.4. The van der Waals surface area contributed by atoms with Crippen molar-refractivity contribution in [3.8, 4) is 0 Å². The van der Waals surface area contributed by atoms with Crippen molar-refractivity contribution in [2.75, 3.05) is 11.9 Å². The first-order chi connectivity index (χ1) is 14.9. The molecule has 1 aliphatic carbocycles. The largest absolute Gasteiger partial charge is 0.444 e. The molecule has 0 unspecified atom stereocenters. The monoisotopic (exact) mass is 445 g/mol. The van der Waals surface area contributed by atoms with E-state index < -0.39 is 11.2 Å². The molecule has 32 heavy (non-hydrogen) atoms. The molecule has 7 heteroatoms. The first-order valence-corrected chi connectivity index (χ1v) is 11.7. The van der Waals surface area contributed by atoms with E-state index in [-0.39, 0.29) is 18.2 Å². The second kappa shape index (κ2) is 9.59. The van der Waals surface area contributed by atoms with Crippen LogP contribution in [0, 0.1) is 0 Å². The number of nitrogens with zero attached hydrogens (tertiary/aromatic N) is 1. The van der Waals surface area contributed by atoms with Gasteiger partial charge in [-0.3, -0.25) is 0 Å². The van der Waals surface area contributed by atoms with Crippen LogP contribution in [0.5, 0.6) is 0 Å². The van der Waals surface area contributed by atoms with Crippen molar-refractivity contribution in [2.45, 2.75) is 103 Å². The van der Waals surface area contributed by atoms with Crippen molar-refractivity contribution in [1.29, 1.82) is 0 Å². The number of alkyl carbamates (subject to hydrolysis) is 1. The number of benzene rings is 1. The van der Waals surface area contributed by atoms with Crippen molar-refractivity contribution in [1.82, 2.24) is 10.2 Å². The first-order valence-electron chi connectivity index (χ1n) is 11.7. The lowest BCUT2D eigenvalue weighted by molar-refractivity contribution is 0.0224. The van der Waals surface area contributed by atoms with Crippen LogP contribution in [0.2, 0.25) is 0 Å². The van der Waals surface area contributed by atoms with Gasteiger partial charge in [0.1, 0.15) is 11.2 Å². The van der Waals surface area contributed by atoms with Crippen LogP contribution >= 0.6 is 0 Å². The summed E-state index contributed by atoms with van der Waals surface area (Å²) in [5.74, 6) is 0. The Balaban J connectivity index is 1.56. The van der Waals surface area contributed by atoms with Gasteiger partial charge in [-0.15, -0.1) is 0 Å².